The van der Waals surface area contributed by atoms with Crippen molar-refractivity contribution in [2.24, 2.45) is 12.8 Å². The van der Waals surface area contributed by atoms with Gasteiger partial charge < -0.3 is 5.73 Å². The van der Waals surface area contributed by atoms with E-state index in [2.05, 4.69) is 5.10 Å². The van der Waals surface area contributed by atoms with Crippen LogP contribution in [0.2, 0.25) is 0 Å². The Labute approximate surface area is 115 Å². The Morgan fingerprint density at radius 2 is 1.95 bits per heavy atom. The van der Waals surface area contributed by atoms with Crippen molar-refractivity contribution in [3.05, 3.63) is 11.4 Å². The highest BCUT2D eigenvalue weighted by molar-refractivity contribution is 7.89. The molecule has 0 unspecified atom stereocenters. The summed E-state index contributed by atoms with van der Waals surface area (Å²) in [6.07, 6.45) is 1.78. The fourth-order valence-electron chi connectivity index (χ4n) is 2.09. The molecule has 0 aliphatic heterocycles. The van der Waals surface area contributed by atoms with Crippen molar-refractivity contribution in [1.29, 1.82) is 0 Å². The molecule has 0 radical (unpaired) electrons. The molecule has 0 aliphatic rings. The van der Waals surface area contributed by atoms with E-state index >= 15 is 0 Å². The van der Waals surface area contributed by atoms with Crippen molar-refractivity contribution >= 4 is 10.0 Å². The Balaban J connectivity index is 3.18. The molecule has 1 rings (SSSR count). The monoisotopic (exact) mass is 288 g/mol. The van der Waals surface area contributed by atoms with Gasteiger partial charge in [-0.05, 0) is 20.3 Å². The zero-order chi connectivity index (χ0) is 14.6. The van der Waals surface area contributed by atoms with Crippen LogP contribution in [0.25, 0.3) is 0 Å². The molecule has 0 bridgehead atoms. The summed E-state index contributed by atoms with van der Waals surface area (Å²) in [4.78, 5) is 0.319. The van der Waals surface area contributed by atoms with Crippen LogP contribution in [0.5, 0.6) is 0 Å². The number of aryl methyl sites for hydroxylation is 2. The number of nitrogens with two attached hydrogens (primary N) is 1. The molecule has 19 heavy (non-hydrogen) atoms. The second-order valence-corrected chi connectivity index (χ2v) is 6.54. The van der Waals surface area contributed by atoms with Gasteiger partial charge in [-0.3, -0.25) is 4.68 Å². The lowest BCUT2D eigenvalue weighted by atomic mass is 10.3. The predicted molar refractivity (Wildman–Crippen MR) is 75.4 cm³/mol. The zero-order valence-electron chi connectivity index (χ0n) is 12.2. The van der Waals surface area contributed by atoms with Crippen LogP contribution in [0.15, 0.2) is 4.90 Å². The van der Waals surface area contributed by atoms with E-state index in [1.54, 1.807) is 25.6 Å². The molecule has 6 nitrogen and oxygen atoms in total. The van der Waals surface area contributed by atoms with E-state index in [1.165, 1.54) is 4.31 Å². The molecule has 1 aromatic rings. The summed E-state index contributed by atoms with van der Waals surface area (Å²) in [6, 6.07) is 0. The molecule has 0 aromatic carbocycles. The second kappa shape index (κ2) is 6.49. The molecule has 1 heterocycles. The number of sulfonamides is 1. The number of hydrogen-bond acceptors (Lipinski definition) is 4. The maximum Gasteiger partial charge on any atom is 0.246 e. The summed E-state index contributed by atoms with van der Waals surface area (Å²) < 4.78 is 28.5. The van der Waals surface area contributed by atoms with Crippen molar-refractivity contribution in [2.45, 2.75) is 38.5 Å². The number of rotatable bonds is 7. The number of aromatic nitrogens is 2. The van der Waals surface area contributed by atoms with E-state index < -0.39 is 10.0 Å². The summed E-state index contributed by atoms with van der Waals surface area (Å²) in [6.45, 7) is 6.70. The quantitative estimate of drug-likeness (QED) is 0.804. The van der Waals surface area contributed by atoms with Crippen molar-refractivity contribution < 1.29 is 8.42 Å². The minimum atomic E-state index is -3.51. The molecular formula is C12H24N4O2S. The number of hydrogen-bond donors (Lipinski definition) is 1. The fraction of sp³-hybridized carbons (Fsp3) is 0.750. The highest BCUT2D eigenvalue weighted by Gasteiger charge is 2.29. The molecular weight excluding hydrogens is 264 g/mol. The number of nitrogens with zero attached hydrogens (tertiary/aromatic N) is 3. The molecule has 0 aliphatic carbocycles. The topological polar surface area (TPSA) is 81.2 Å². The first kappa shape index (κ1) is 16.1. The Bertz CT molecular complexity index is 522. The molecule has 0 fully saturated rings. The van der Waals surface area contributed by atoms with E-state index in [-0.39, 0.29) is 0 Å². The predicted octanol–water partition coefficient (Wildman–Crippen LogP) is 0.786. The van der Waals surface area contributed by atoms with Gasteiger partial charge in [-0.1, -0.05) is 13.3 Å². The van der Waals surface area contributed by atoms with E-state index in [1.807, 2.05) is 6.92 Å². The summed E-state index contributed by atoms with van der Waals surface area (Å²) >= 11 is 0. The minimum Gasteiger partial charge on any atom is -0.329 e. The van der Waals surface area contributed by atoms with Crippen LogP contribution in [-0.2, 0) is 17.1 Å². The van der Waals surface area contributed by atoms with E-state index in [4.69, 9.17) is 5.73 Å². The molecule has 0 saturated heterocycles. The summed E-state index contributed by atoms with van der Waals surface area (Å²) in [5.74, 6) is 0. The van der Waals surface area contributed by atoms with Crippen molar-refractivity contribution in [3.8, 4) is 0 Å². The van der Waals surface area contributed by atoms with Crippen LogP contribution in [0.4, 0.5) is 0 Å². The molecule has 1 aromatic heterocycles. The van der Waals surface area contributed by atoms with E-state index in [9.17, 15) is 8.42 Å². The average Bonchev–Trinajstić information content (AvgIpc) is 2.58. The Hall–Kier alpha value is -0.920. The number of unbranched alkanes of at least 4 members (excludes halogenated alkanes) is 1. The van der Waals surface area contributed by atoms with Gasteiger partial charge in [0.05, 0.1) is 11.4 Å². The summed E-state index contributed by atoms with van der Waals surface area (Å²) in [5, 5.41) is 4.18. The standard InChI is InChI=1S/C12H24N4O2S/c1-5-6-8-16(9-7-13)19(17,18)12-10(2)14-15(4)11(12)3/h5-9,13H2,1-4H3. The van der Waals surface area contributed by atoms with Gasteiger partial charge in [0, 0.05) is 26.7 Å². The van der Waals surface area contributed by atoms with E-state index in [0.29, 0.717) is 35.9 Å². The van der Waals surface area contributed by atoms with Gasteiger partial charge in [-0.2, -0.15) is 9.40 Å². The normalized spacial score (nSPS) is 12.3. The van der Waals surface area contributed by atoms with Crippen LogP contribution >= 0.6 is 0 Å². The van der Waals surface area contributed by atoms with Gasteiger partial charge in [-0.15, -0.1) is 0 Å². The minimum absolute atomic E-state index is 0.319. The maximum absolute atomic E-state index is 12.7. The van der Waals surface area contributed by atoms with Gasteiger partial charge in [0.15, 0.2) is 0 Å². The first-order valence-electron chi connectivity index (χ1n) is 6.56. The first-order chi connectivity index (χ1) is 8.86. The van der Waals surface area contributed by atoms with Gasteiger partial charge in [0.1, 0.15) is 4.90 Å². The SMILES string of the molecule is CCCCN(CCN)S(=O)(=O)c1c(C)nn(C)c1C. The van der Waals surface area contributed by atoms with Crippen LogP contribution < -0.4 is 5.73 Å². The summed E-state index contributed by atoms with van der Waals surface area (Å²) in [7, 11) is -1.76. The molecule has 7 heteroatoms. The molecule has 110 valence electrons. The third-order valence-electron chi connectivity index (χ3n) is 3.18. The molecule has 0 saturated carbocycles. The highest BCUT2D eigenvalue weighted by Crippen LogP contribution is 2.23. The maximum atomic E-state index is 12.7. The average molecular weight is 288 g/mol. The lowest BCUT2D eigenvalue weighted by Crippen LogP contribution is -2.36. The van der Waals surface area contributed by atoms with Crippen LogP contribution in [0.1, 0.15) is 31.2 Å². The van der Waals surface area contributed by atoms with Crippen LogP contribution in [0, 0.1) is 13.8 Å². The highest BCUT2D eigenvalue weighted by atomic mass is 32.2. The van der Waals surface area contributed by atoms with Gasteiger partial charge >= 0.3 is 0 Å². The second-order valence-electron chi connectivity index (χ2n) is 4.67. The Kier molecular flexibility index (Phi) is 5.51. The third kappa shape index (κ3) is 3.34. The third-order valence-corrected chi connectivity index (χ3v) is 5.33. The van der Waals surface area contributed by atoms with Crippen molar-refractivity contribution in [3.63, 3.8) is 0 Å². The molecule has 0 amide bonds. The lowest BCUT2D eigenvalue weighted by molar-refractivity contribution is 0.409. The van der Waals surface area contributed by atoms with Crippen LogP contribution in [-0.4, -0.2) is 42.1 Å². The first-order valence-corrected chi connectivity index (χ1v) is 8.00. The largest absolute Gasteiger partial charge is 0.329 e. The Morgan fingerprint density at radius 3 is 2.37 bits per heavy atom. The molecule has 0 spiro atoms. The lowest BCUT2D eigenvalue weighted by Gasteiger charge is -2.21. The Morgan fingerprint density at radius 1 is 1.32 bits per heavy atom. The van der Waals surface area contributed by atoms with E-state index in [0.717, 1.165) is 12.8 Å². The van der Waals surface area contributed by atoms with Crippen LogP contribution in [0.3, 0.4) is 0 Å². The molecule has 0 atom stereocenters. The molecule has 2 N–H and O–H groups in total. The van der Waals surface area contributed by atoms with Gasteiger partial charge in [0.25, 0.3) is 0 Å². The fourth-order valence-corrected chi connectivity index (χ4v) is 3.98. The van der Waals surface area contributed by atoms with Gasteiger partial charge in [-0.25, -0.2) is 8.42 Å². The summed E-state index contributed by atoms with van der Waals surface area (Å²) in [5.41, 5.74) is 6.73. The van der Waals surface area contributed by atoms with Gasteiger partial charge in [0.2, 0.25) is 10.0 Å². The van der Waals surface area contributed by atoms with Crippen molar-refractivity contribution in [1.82, 2.24) is 14.1 Å². The zero-order valence-corrected chi connectivity index (χ0v) is 13.0. The smallest absolute Gasteiger partial charge is 0.246 e. The van der Waals surface area contributed by atoms with Crippen molar-refractivity contribution in [2.75, 3.05) is 19.6 Å².